The Hall–Kier alpha value is -4.84. The summed E-state index contributed by atoms with van der Waals surface area (Å²) in [6.45, 7) is 4.25. The van der Waals surface area contributed by atoms with Gasteiger partial charge in [-0.3, -0.25) is 4.40 Å². The first-order chi connectivity index (χ1) is 18.1. The molecule has 0 saturated carbocycles. The molecular weight excluding hydrogens is 472 g/mol. The molecular formula is C25H22N10O2. The zero-order valence-corrected chi connectivity index (χ0v) is 19.8. The van der Waals surface area contributed by atoms with Crippen LogP contribution in [0.1, 0.15) is 5.56 Å². The van der Waals surface area contributed by atoms with Gasteiger partial charge in [0.25, 0.3) is 6.02 Å². The topological polar surface area (TPSA) is 136 Å². The minimum Gasteiger partial charge on any atom is -0.462 e. The highest BCUT2D eigenvalue weighted by molar-refractivity contribution is 5.97. The van der Waals surface area contributed by atoms with Gasteiger partial charge in [0.05, 0.1) is 5.52 Å². The molecule has 2 aromatic carbocycles. The maximum absolute atomic E-state index is 5.99. The van der Waals surface area contributed by atoms with Gasteiger partial charge < -0.3 is 25.4 Å². The average molecular weight is 495 g/mol. The minimum absolute atomic E-state index is 0.123. The molecule has 3 aromatic heterocycles. The van der Waals surface area contributed by atoms with Crippen LogP contribution in [0.25, 0.3) is 16.6 Å². The van der Waals surface area contributed by atoms with Crippen molar-refractivity contribution < 1.29 is 9.47 Å². The van der Waals surface area contributed by atoms with Crippen LogP contribution in [0.15, 0.2) is 66.4 Å². The molecule has 0 atom stereocenters. The van der Waals surface area contributed by atoms with Gasteiger partial charge >= 0.3 is 0 Å². The summed E-state index contributed by atoms with van der Waals surface area (Å²) >= 11 is 0. The Balaban J connectivity index is 1.12. The number of anilines is 3. The Morgan fingerprint density at radius 2 is 1.89 bits per heavy atom. The van der Waals surface area contributed by atoms with E-state index in [1.165, 1.54) is 0 Å². The van der Waals surface area contributed by atoms with Gasteiger partial charge in [0.2, 0.25) is 5.88 Å². The molecule has 0 unspecified atom stereocenters. The summed E-state index contributed by atoms with van der Waals surface area (Å²) in [6, 6.07) is 14.0. The van der Waals surface area contributed by atoms with Gasteiger partial charge in [-0.15, -0.1) is 10.2 Å². The highest BCUT2D eigenvalue weighted by atomic mass is 16.5. The summed E-state index contributed by atoms with van der Waals surface area (Å²) < 4.78 is 13.5. The molecule has 5 heterocycles. The predicted molar refractivity (Wildman–Crippen MR) is 137 cm³/mol. The Bertz CT molecular complexity index is 1680. The Morgan fingerprint density at radius 3 is 2.73 bits per heavy atom. The van der Waals surface area contributed by atoms with E-state index in [-0.39, 0.29) is 5.54 Å². The van der Waals surface area contributed by atoms with Crippen molar-refractivity contribution in [3.63, 3.8) is 0 Å². The quantitative estimate of drug-likeness (QED) is 0.334. The van der Waals surface area contributed by atoms with E-state index >= 15 is 0 Å². The van der Waals surface area contributed by atoms with Gasteiger partial charge in [0.15, 0.2) is 5.65 Å². The first-order valence-electron chi connectivity index (χ1n) is 11.8. The number of aromatic nitrogens is 6. The van der Waals surface area contributed by atoms with Crippen molar-refractivity contribution in [3.8, 4) is 11.6 Å². The minimum atomic E-state index is -0.123. The molecule has 3 N–H and O–H groups in total. The SMILES string of the molecule is Cc1cc(Nc2ncnc3ccc(NC4=NC5(CNC5)CO4)cc23)ccc1Oc1cc2nncn2cn1. The second kappa shape index (κ2) is 8.38. The van der Waals surface area contributed by atoms with Crippen LogP contribution < -0.4 is 20.7 Å². The zero-order chi connectivity index (χ0) is 24.8. The maximum Gasteiger partial charge on any atom is 0.290 e. The monoisotopic (exact) mass is 494 g/mol. The highest BCUT2D eigenvalue weighted by Gasteiger charge is 2.42. The number of benzene rings is 2. The van der Waals surface area contributed by atoms with Crippen molar-refractivity contribution in [2.75, 3.05) is 30.3 Å². The number of fused-ring (bicyclic) bond motifs is 2. The van der Waals surface area contributed by atoms with E-state index in [0.717, 1.165) is 40.9 Å². The highest BCUT2D eigenvalue weighted by Crippen LogP contribution is 2.31. The molecule has 7 rings (SSSR count). The number of hydrogen-bond acceptors (Lipinski definition) is 11. The van der Waals surface area contributed by atoms with E-state index in [1.54, 1.807) is 29.4 Å². The van der Waals surface area contributed by atoms with Gasteiger partial charge in [-0.1, -0.05) is 0 Å². The first-order valence-corrected chi connectivity index (χ1v) is 11.8. The number of rotatable bonds is 5. The third kappa shape index (κ3) is 4.02. The molecule has 1 fully saturated rings. The summed E-state index contributed by atoms with van der Waals surface area (Å²) in [5, 5.41) is 18.7. The lowest BCUT2D eigenvalue weighted by Gasteiger charge is -2.33. The molecule has 2 aliphatic rings. The molecule has 0 amide bonds. The largest absolute Gasteiger partial charge is 0.462 e. The standard InChI is InChI=1S/C25H22N10O2/c1-15-6-16(3-5-20(15)37-22-8-21-34-30-14-35(21)13-29-22)31-23-18-7-17(2-4-19(18)27-12-28-23)32-24-33-25(11-36-24)9-26-10-25/h2-8,12-14,26H,9-11H2,1H3,(H,32,33)(H,27,28,31). The van der Waals surface area contributed by atoms with Crippen LogP contribution in [0.4, 0.5) is 17.2 Å². The summed E-state index contributed by atoms with van der Waals surface area (Å²) in [5.74, 6) is 1.83. The van der Waals surface area contributed by atoms with Crippen LogP contribution in [0.3, 0.4) is 0 Å². The van der Waals surface area contributed by atoms with Crippen molar-refractivity contribution in [1.82, 2.24) is 34.9 Å². The van der Waals surface area contributed by atoms with Crippen molar-refractivity contribution in [3.05, 3.63) is 67.0 Å². The van der Waals surface area contributed by atoms with Gasteiger partial charge in [-0.05, 0) is 48.9 Å². The van der Waals surface area contributed by atoms with Crippen LogP contribution >= 0.6 is 0 Å². The average Bonchev–Trinajstić information content (AvgIpc) is 3.53. The van der Waals surface area contributed by atoms with Crippen LogP contribution in [0.2, 0.25) is 0 Å². The number of nitrogens with zero attached hydrogens (tertiary/aromatic N) is 7. The fourth-order valence-electron chi connectivity index (χ4n) is 4.36. The van der Waals surface area contributed by atoms with Gasteiger partial charge in [0, 0.05) is 35.9 Å². The van der Waals surface area contributed by atoms with Crippen LogP contribution in [-0.4, -0.2) is 60.8 Å². The molecule has 2 aliphatic heterocycles. The first kappa shape index (κ1) is 21.4. The van der Waals surface area contributed by atoms with Crippen molar-refractivity contribution in [2.45, 2.75) is 12.5 Å². The number of aliphatic imine (C=N–C) groups is 1. The van der Waals surface area contributed by atoms with Gasteiger partial charge in [-0.2, -0.15) is 0 Å². The van der Waals surface area contributed by atoms with E-state index < -0.39 is 0 Å². The summed E-state index contributed by atoms with van der Waals surface area (Å²) in [5.41, 5.74) is 4.02. The van der Waals surface area contributed by atoms with Crippen LogP contribution in [-0.2, 0) is 4.74 Å². The van der Waals surface area contributed by atoms with E-state index in [4.69, 9.17) is 14.5 Å². The molecule has 12 heteroatoms. The number of amidine groups is 1. The van der Waals surface area contributed by atoms with Crippen LogP contribution in [0, 0.1) is 6.92 Å². The normalized spacial score (nSPS) is 15.9. The maximum atomic E-state index is 5.99. The molecule has 0 radical (unpaired) electrons. The van der Waals surface area contributed by atoms with E-state index in [2.05, 4.69) is 41.1 Å². The lowest BCUT2D eigenvalue weighted by atomic mass is 9.95. The van der Waals surface area contributed by atoms with E-state index in [9.17, 15) is 0 Å². The van der Waals surface area contributed by atoms with Crippen LogP contribution in [0.5, 0.6) is 11.6 Å². The van der Waals surface area contributed by atoms with E-state index in [0.29, 0.717) is 35.7 Å². The number of hydrogen-bond donors (Lipinski definition) is 3. The number of ether oxygens (including phenoxy) is 2. The summed E-state index contributed by atoms with van der Waals surface area (Å²) in [7, 11) is 0. The van der Waals surface area contributed by atoms with Crippen molar-refractivity contribution in [2.24, 2.45) is 4.99 Å². The molecule has 1 saturated heterocycles. The Kier molecular flexibility index (Phi) is 4.86. The Labute approximate surface area is 210 Å². The van der Waals surface area contributed by atoms with Crippen molar-refractivity contribution >= 4 is 39.8 Å². The smallest absolute Gasteiger partial charge is 0.290 e. The fraction of sp³-hybridized carbons (Fsp3) is 0.200. The molecule has 1 spiro atoms. The molecule has 0 aliphatic carbocycles. The second-order valence-electron chi connectivity index (χ2n) is 9.14. The third-order valence-electron chi connectivity index (χ3n) is 6.43. The molecule has 12 nitrogen and oxygen atoms in total. The van der Waals surface area contributed by atoms with Gasteiger partial charge in [-0.25, -0.2) is 19.9 Å². The molecule has 37 heavy (non-hydrogen) atoms. The number of aryl methyl sites for hydroxylation is 1. The third-order valence-corrected chi connectivity index (χ3v) is 6.43. The lowest BCUT2D eigenvalue weighted by molar-refractivity contribution is 0.196. The second-order valence-corrected chi connectivity index (χ2v) is 9.14. The number of nitrogens with one attached hydrogen (secondary N) is 3. The Morgan fingerprint density at radius 1 is 1.00 bits per heavy atom. The lowest BCUT2D eigenvalue weighted by Crippen LogP contribution is -2.59. The molecule has 184 valence electrons. The predicted octanol–water partition coefficient (Wildman–Crippen LogP) is 3.05. The zero-order valence-electron chi connectivity index (χ0n) is 19.8. The fourth-order valence-corrected chi connectivity index (χ4v) is 4.36. The van der Waals surface area contributed by atoms with Gasteiger partial charge in [0.1, 0.15) is 42.7 Å². The van der Waals surface area contributed by atoms with Crippen molar-refractivity contribution in [1.29, 1.82) is 0 Å². The molecule has 5 aromatic rings. The molecule has 0 bridgehead atoms. The summed E-state index contributed by atoms with van der Waals surface area (Å²) in [6.07, 6.45) is 4.76. The van der Waals surface area contributed by atoms with E-state index in [1.807, 2.05) is 43.3 Å². The summed E-state index contributed by atoms with van der Waals surface area (Å²) in [4.78, 5) is 17.9.